The third-order valence-corrected chi connectivity index (χ3v) is 20.9. The summed E-state index contributed by atoms with van der Waals surface area (Å²) in [6.45, 7) is 15.7. The number of aliphatic hydroxyl groups excluding tert-OH is 1. The van der Waals surface area contributed by atoms with Gasteiger partial charge in [0.25, 0.3) is 0 Å². The Morgan fingerprint density at radius 1 is 0.531 bits per heavy atom. The number of cyclic esters (lactones) is 2. The fourth-order valence-electron chi connectivity index (χ4n) is 19.1. The maximum absolute atomic E-state index is 14.5. The number of piperidine rings is 1. The average molecular weight is 1150 g/mol. The van der Waals surface area contributed by atoms with Crippen LogP contribution in [0.2, 0.25) is 0 Å². The molecule has 10 aliphatic rings. The van der Waals surface area contributed by atoms with Crippen LogP contribution in [0.15, 0.2) is 0 Å². The Bertz CT molecular complexity index is 2130. The molecule has 8 aliphatic carbocycles. The quantitative estimate of drug-likeness (QED) is 0.0999. The summed E-state index contributed by atoms with van der Waals surface area (Å²) in [6.07, 6.45) is 8.50. The summed E-state index contributed by atoms with van der Waals surface area (Å²) in [7, 11) is 0. The number of esters is 5. The van der Waals surface area contributed by atoms with Crippen molar-refractivity contribution in [2.24, 2.45) is 130 Å². The Balaban J connectivity index is 0.00000640. The van der Waals surface area contributed by atoms with Crippen LogP contribution in [0.25, 0.3) is 0 Å². The smallest absolute Gasteiger partial charge is 0.410 e. The summed E-state index contributed by atoms with van der Waals surface area (Å²) in [5.74, 6) is -5.47. The molecular formula is C66H121NO14. The van der Waals surface area contributed by atoms with Gasteiger partial charge in [-0.25, -0.2) is 4.79 Å². The number of carbonyl (C=O) groups excluding carboxylic acids is 6. The second-order valence-electron chi connectivity index (χ2n) is 26.5. The van der Waals surface area contributed by atoms with Gasteiger partial charge in [0, 0.05) is 19.0 Å². The van der Waals surface area contributed by atoms with Gasteiger partial charge in [0.05, 0.1) is 48.7 Å². The highest BCUT2D eigenvalue weighted by molar-refractivity contribution is 5.96. The van der Waals surface area contributed by atoms with Gasteiger partial charge in [-0.05, 0) is 207 Å². The SMILES string of the molecule is C.C.C.C.C.C.C.C.C.C.CC1C(=O)OC(=O)C1C1C2CC(CC2C(=O)OCCC2CCCCN2C(=O)OC(C)(C)C)C1C1C2CC(CC2C(=O)O)C1C1C2CC(CC2C(=O)OCCO)C1C1C(C)C2CC(C(=O)OC(C)(C)C)C1C2. The Kier molecular flexibility index (Phi) is 27.6. The number of nitrogens with zero attached hydrogens (tertiary/aromatic N) is 1. The van der Waals surface area contributed by atoms with Gasteiger partial charge in [0.2, 0.25) is 0 Å². The second kappa shape index (κ2) is 28.9. The van der Waals surface area contributed by atoms with E-state index in [1.54, 1.807) is 11.8 Å². The van der Waals surface area contributed by atoms with Gasteiger partial charge in [0.15, 0.2) is 0 Å². The van der Waals surface area contributed by atoms with Gasteiger partial charge >= 0.3 is 41.9 Å². The highest BCUT2D eigenvalue weighted by atomic mass is 16.6. The van der Waals surface area contributed by atoms with Gasteiger partial charge in [0.1, 0.15) is 17.8 Å². The maximum atomic E-state index is 14.5. The Labute approximate surface area is 493 Å². The summed E-state index contributed by atoms with van der Waals surface area (Å²) >= 11 is 0. The molecule has 10 rings (SSSR count). The number of ether oxygens (including phenoxy) is 5. The van der Waals surface area contributed by atoms with Crippen molar-refractivity contribution in [3.05, 3.63) is 0 Å². The zero-order valence-electron chi connectivity index (χ0n) is 43.3. The molecule has 23 unspecified atom stereocenters. The molecule has 0 aromatic rings. The van der Waals surface area contributed by atoms with Crippen molar-refractivity contribution in [1.82, 2.24) is 4.90 Å². The van der Waals surface area contributed by atoms with E-state index in [-0.39, 0.29) is 213 Å². The summed E-state index contributed by atoms with van der Waals surface area (Å²) in [5.41, 5.74) is -1.26. The van der Waals surface area contributed by atoms with Crippen LogP contribution in [0.5, 0.6) is 0 Å². The molecule has 2 saturated heterocycles. The number of amides is 1. The van der Waals surface area contributed by atoms with E-state index in [1.165, 1.54) is 0 Å². The van der Waals surface area contributed by atoms with E-state index in [9.17, 15) is 43.8 Å². The van der Waals surface area contributed by atoms with E-state index in [1.807, 2.05) is 41.5 Å². The highest BCUT2D eigenvalue weighted by Crippen LogP contribution is 2.75. The first-order valence-corrected chi connectivity index (χ1v) is 27.7. The van der Waals surface area contributed by atoms with E-state index in [0.717, 1.165) is 44.9 Å². The highest BCUT2D eigenvalue weighted by Gasteiger charge is 2.72. The number of hydrogen-bond acceptors (Lipinski definition) is 13. The van der Waals surface area contributed by atoms with Crippen molar-refractivity contribution in [3.63, 3.8) is 0 Å². The van der Waals surface area contributed by atoms with Crippen LogP contribution < -0.4 is 0 Å². The molecule has 2 N–H and O–H groups in total. The fraction of sp³-hybridized carbons (Fsp3) is 0.894. The minimum atomic E-state index is -0.814. The number of aliphatic hydroxyl groups is 1. The maximum Gasteiger partial charge on any atom is 0.410 e. The normalized spacial score (nSPS) is 39.6. The third kappa shape index (κ3) is 13.7. The number of carboxylic acid groups (broad SMARTS) is 1. The molecule has 81 heavy (non-hydrogen) atoms. The predicted molar refractivity (Wildman–Crippen MR) is 321 cm³/mol. The number of carboxylic acids is 1. The summed E-state index contributed by atoms with van der Waals surface area (Å²) < 4.78 is 29.1. The molecule has 8 bridgehead atoms. The Morgan fingerprint density at radius 2 is 0.963 bits per heavy atom. The van der Waals surface area contributed by atoms with Gasteiger partial charge in [-0.3, -0.25) is 28.8 Å². The number of fused-ring (bicyclic) bond motifs is 8. The van der Waals surface area contributed by atoms with Crippen LogP contribution in [-0.4, -0.2) is 101 Å². The van der Waals surface area contributed by atoms with Crippen molar-refractivity contribution < 1.29 is 67.5 Å². The van der Waals surface area contributed by atoms with Crippen LogP contribution in [0, 0.1) is 130 Å². The molecule has 23 atom stereocenters. The molecule has 8 saturated carbocycles. The minimum Gasteiger partial charge on any atom is -0.481 e. The number of aliphatic carboxylic acids is 1. The van der Waals surface area contributed by atoms with Crippen molar-refractivity contribution >= 4 is 41.9 Å². The summed E-state index contributed by atoms with van der Waals surface area (Å²) in [6, 6.07) is -0.128. The zero-order chi connectivity index (χ0) is 50.7. The Hall–Kier alpha value is -3.75. The standard InChI is InChI=1S/C56H81NO14.10CH4/c1-25-27-17-33(39(18-27)52(64)70-55(3,4)5)40(25)42-29-20-35(38(23-29)51(63)68-16-14-58)47(42)44-28-19-32(36(22-28)48(59)60)46(44)43-30-21-34(45(43)41-26(2)49(61)69-53(41)65)37(24-30)50(62)67-15-12-31-11-9-10-13-57(31)54(66)71-56(6,7)8;;;;;;;;;;/h25-47,58H,9-24H2,1-8H3,(H,59,60);10*1H4. The predicted octanol–water partition coefficient (Wildman–Crippen LogP) is 13.9. The molecule has 15 nitrogen and oxygen atoms in total. The number of rotatable bonds is 13. The van der Waals surface area contributed by atoms with Crippen molar-refractivity contribution in [2.45, 2.75) is 224 Å². The molecule has 2 heterocycles. The Morgan fingerprint density at radius 3 is 1.44 bits per heavy atom. The van der Waals surface area contributed by atoms with Crippen LogP contribution in [0.4, 0.5) is 4.79 Å². The molecule has 0 spiro atoms. The fourth-order valence-corrected chi connectivity index (χ4v) is 19.1. The first kappa shape index (κ1) is 77.2. The monoisotopic (exact) mass is 1150 g/mol. The molecule has 474 valence electrons. The van der Waals surface area contributed by atoms with Gasteiger partial charge in [-0.2, -0.15) is 0 Å². The lowest BCUT2D eigenvalue weighted by Gasteiger charge is -2.53. The molecular weight excluding hydrogens is 1030 g/mol. The van der Waals surface area contributed by atoms with Gasteiger partial charge in [-0.1, -0.05) is 88.1 Å². The van der Waals surface area contributed by atoms with Crippen LogP contribution in [-0.2, 0) is 52.5 Å². The lowest BCUT2D eigenvalue weighted by atomic mass is 9.51. The molecule has 2 aliphatic heterocycles. The van der Waals surface area contributed by atoms with Crippen LogP contribution in [0.1, 0.15) is 207 Å². The lowest BCUT2D eigenvalue weighted by Crippen LogP contribution is -2.52. The van der Waals surface area contributed by atoms with E-state index < -0.39 is 58.7 Å². The van der Waals surface area contributed by atoms with Crippen LogP contribution in [0.3, 0.4) is 0 Å². The third-order valence-electron chi connectivity index (χ3n) is 20.9. The van der Waals surface area contributed by atoms with E-state index in [4.69, 9.17) is 23.7 Å². The summed E-state index contributed by atoms with van der Waals surface area (Å²) in [4.78, 5) is 98.3. The summed E-state index contributed by atoms with van der Waals surface area (Å²) in [5, 5.41) is 20.6. The van der Waals surface area contributed by atoms with Crippen molar-refractivity contribution in [3.8, 4) is 0 Å². The van der Waals surface area contributed by atoms with Crippen molar-refractivity contribution in [1.29, 1.82) is 0 Å². The van der Waals surface area contributed by atoms with Crippen LogP contribution >= 0.6 is 0 Å². The average Bonchev–Trinajstić information content (AvgIpc) is 4.17. The largest absolute Gasteiger partial charge is 0.481 e. The molecule has 15 heteroatoms. The zero-order valence-corrected chi connectivity index (χ0v) is 43.3. The topological polar surface area (TPSA) is 209 Å². The number of likely N-dealkylation sites (tertiary alicyclic amines) is 1. The van der Waals surface area contributed by atoms with E-state index in [2.05, 4.69) is 6.92 Å². The first-order valence-electron chi connectivity index (χ1n) is 27.7. The molecule has 0 radical (unpaired) electrons. The van der Waals surface area contributed by atoms with Gasteiger partial charge < -0.3 is 38.8 Å². The minimum absolute atomic E-state index is 0. The van der Waals surface area contributed by atoms with E-state index >= 15 is 0 Å². The first-order chi connectivity index (χ1) is 33.6. The van der Waals surface area contributed by atoms with Crippen molar-refractivity contribution in [2.75, 3.05) is 26.4 Å². The number of carbonyl (C=O) groups is 7. The molecule has 0 aromatic carbocycles. The molecule has 10 fully saturated rings. The lowest BCUT2D eigenvalue weighted by molar-refractivity contribution is -0.165. The van der Waals surface area contributed by atoms with Gasteiger partial charge in [-0.15, -0.1) is 0 Å². The van der Waals surface area contributed by atoms with E-state index in [0.29, 0.717) is 50.5 Å². The molecule has 1 amide bonds. The second-order valence-corrected chi connectivity index (χ2v) is 26.5. The number of hydrogen-bond donors (Lipinski definition) is 2. The molecule has 0 aromatic heterocycles.